The molecule has 0 radical (unpaired) electrons. The maximum atomic E-state index is 12.3. The van der Waals surface area contributed by atoms with E-state index in [9.17, 15) is 8.78 Å². The number of halogens is 4. The van der Waals surface area contributed by atoms with Gasteiger partial charge in [-0.1, -0.05) is 0 Å². The summed E-state index contributed by atoms with van der Waals surface area (Å²) in [6.07, 6.45) is -1.51. The minimum atomic E-state index is -2.63. The summed E-state index contributed by atoms with van der Waals surface area (Å²) in [7, 11) is 0. The molecule has 0 unspecified atom stereocenters. The van der Waals surface area contributed by atoms with Crippen LogP contribution in [0.3, 0.4) is 0 Å². The predicted molar refractivity (Wildman–Crippen MR) is 51.3 cm³/mol. The van der Waals surface area contributed by atoms with Gasteiger partial charge in [-0.3, -0.25) is 0 Å². The summed E-state index contributed by atoms with van der Waals surface area (Å²) in [4.78, 5) is 3.54. The average molecular weight is 350 g/mol. The number of aromatic hydroxyl groups is 1. The molecule has 0 fully saturated rings. The third-order valence-electron chi connectivity index (χ3n) is 1.20. The first kappa shape index (κ1) is 10.1. The lowest BCUT2D eigenvalue weighted by Gasteiger charge is -2.05. The Balaban J connectivity index is 3.33. The molecule has 1 aromatic rings. The second kappa shape index (κ2) is 3.82. The Morgan fingerprint density at radius 1 is 1.58 bits per heavy atom. The molecule has 66 valence electrons. The summed E-state index contributed by atoms with van der Waals surface area (Å²) < 4.78 is 24.8. The van der Waals surface area contributed by atoms with Crippen molar-refractivity contribution in [2.24, 2.45) is 0 Å². The molecule has 0 aromatic carbocycles. The van der Waals surface area contributed by atoms with Crippen LogP contribution in [0.4, 0.5) is 8.78 Å². The predicted octanol–water partition coefficient (Wildman–Crippen LogP) is 3.09. The SMILES string of the molecule is Oc1cnc(Br)c(C(F)F)c1I. The number of hydrogen-bond donors (Lipinski definition) is 1. The molecule has 12 heavy (non-hydrogen) atoms. The van der Waals surface area contributed by atoms with Crippen molar-refractivity contribution in [1.29, 1.82) is 0 Å². The van der Waals surface area contributed by atoms with Crippen molar-refractivity contribution in [2.75, 3.05) is 0 Å². The van der Waals surface area contributed by atoms with Crippen molar-refractivity contribution in [3.8, 4) is 5.75 Å². The van der Waals surface area contributed by atoms with Crippen LogP contribution in [-0.4, -0.2) is 10.1 Å². The van der Waals surface area contributed by atoms with Crippen LogP contribution in [0.1, 0.15) is 12.0 Å². The van der Waals surface area contributed by atoms with Crippen molar-refractivity contribution in [3.05, 3.63) is 19.9 Å². The van der Waals surface area contributed by atoms with Crippen LogP contribution >= 0.6 is 38.5 Å². The quantitative estimate of drug-likeness (QED) is 0.624. The van der Waals surface area contributed by atoms with E-state index in [4.69, 9.17) is 5.11 Å². The van der Waals surface area contributed by atoms with E-state index < -0.39 is 6.43 Å². The van der Waals surface area contributed by atoms with E-state index in [1.807, 2.05) is 0 Å². The lowest BCUT2D eigenvalue weighted by molar-refractivity contribution is 0.148. The number of aromatic nitrogens is 1. The highest BCUT2D eigenvalue weighted by Gasteiger charge is 2.18. The first-order valence-electron chi connectivity index (χ1n) is 2.85. The molecule has 1 rings (SSSR count). The van der Waals surface area contributed by atoms with Crippen molar-refractivity contribution in [2.45, 2.75) is 6.43 Å². The first-order chi connectivity index (χ1) is 5.54. The highest BCUT2D eigenvalue weighted by Crippen LogP contribution is 2.34. The van der Waals surface area contributed by atoms with Gasteiger partial charge in [0.05, 0.1) is 15.3 Å². The molecule has 0 aliphatic rings. The van der Waals surface area contributed by atoms with E-state index >= 15 is 0 Å². The summed E-state index contributed by atoms with van der Waals surface area (Å²) in [5.74, 6) is -0.228. The summed E-state index contributed by atoms with van der Waals surface area (Å²) >= 11 is 4.52. The Morgan fingerprint density at radius 3 is 2.58 bits per heavy atom. The maximum Gasteiger partial charge on any atom is 0.267 e. The van der Waals surface area contributed by atoms with E-state index in [-0.39, 0.29) is 19.5 Å². The molecule has 2 nitrogen and oxygen atoms in total. The minimum absolute atomic E-state index is 0.0692. The molecule has 6 heteroatoms. The minimum Gasteiger partial charge on any atom is -0.505 e. The molecule has 0 bridgehead atoms. The zero-order valence-electron chi connectivity index (χ0n) is 5.56. The Kier molecular flexibility index (Phi) is 3.22. The molecule has 0 aliphatic carbocycles. The molecule has 0 saturated carbocycles. The van der Waals surface area contributed by atoms with Gasteiger partial charge in [0.25, 0.3) is 6.43 Å². The van der Waals surface area contributed by atoms with Crippen LogP contribution < -0.4 is 0 Å². The molecule has 1 heterocycles. The molecule has 0 atom stereocenters. The van der Waals surface area contributed by atoms with Crippen molar-refractivity contribution < 1.29 is 13.9 Å². The third-order valence-corrected chi connectivity index (χ3v) is 2.97. The van der Waals surface area contributed by atoms with Crippen LogP contribution in [0, 0.1) is 3.57 Å². The molecule has 0 spiro atoms. The van der Waals surface area contributed by atoms with E-state index in [2.05, 4.69) is 20.9 Å². The van der Waals surface area contributed by atoms with Crippen molar-refractivity contribution in [1.82, 2.24) is 4.98 Å². The van der Waals surface area contributed by atoms with Gasteiger partial charge in [0.2, 0.25) is 0 Å². The van der Waals surface area contributed by atoms with Gasteiger partial charge in [-0.25, -0.2) is 13.8 Å². The zero-order chi connectivity index (χ0) is 9.30. The van der Waals surface area contributed by atoms with E-state index in [1.54, 1.807) is 22.6 Å². The summed E-state index contributed by atoms with van der Waals surface area (Å²) in [6.45, 7) is 0. The molecule has 0 amide bonds. The molecule has 0 aliphatic heterocycles. The maximum absolute atomic E-state index is 12.3. The Bertz CT molecular complexity index is 308. The monoisotopic (exact) mass is 349 g/mol. The van der Waals surface area contributed by atoms with Crippen LogP contribution in [0.5, 0.6) is 5.75 Å². The third kappa shape index (κ3) is 1.85. The zero-order valence-corrected chi connectivity index (χ0v) is 9.30. The normalized spacial score (nSPS) is 10.8. The standard InChI is InChI=1S/C6H3BrF2INO/c7-5-3(6(8)9)4(10)2(12)1-11-5/h1,6,12H. The number of hydrogen-bond acceptors (Lipinski definition) is 2. The summed E-state index contributed by atoms with van der Waals surface area (Å²) in [5, 5.41) is 9.05. The number of rotatable bonds is 1. The van der Waals surface area contributed by atoms with E-state index in [0.717, 1.165) is 6.20 Å². The lowest BCUT2D eigenvalue weighted by Crippen LogP contribution is -1.94. The smallest absolute Gasteiger partial charge is 0.267 e. The fourth-order valence-corrected chi connectivity index (χ4v) is 2.13. The second-order valence-electron chi connectivity index (χ2n) is 1.96. The van der Waals surface area contributed by atoms with Crippen LogP contribution in [0.15, 0.2) is 10.8 Å². The topological polar surface area (TPSA) is 33.1 Å². The van der Waals surface area contributed by atoms with Gasteiger partial charge in [0.15, 0.2) is 0 Å². The summed E-state index contributed by atoms with van der Waals surface area (Å²) in [6, 6.07) is 0. The van der Waals surface area contributed by atoms with Crippen molar-refractivity contribution in [3.63, 3.8) is 0 Å². The van der Waals surface area contributed by atoms with Crippen LogP contribution in [0.2, 0.25) is 0 Å². The van der Waals surface area contributed by atoms with Gasteiger partial charge in [0, 0.05) is 0 Å². The lowest BCUT2D eigenvalue weighted by atomic mass is 10.3. The summed E-state index contributed by atoms with van der Waals surface area (Å²) in [5.41, 5.74) is -0.268. The fraction of sp³-hybridized carbons (Fsp3) is 0.167. The second-order valence-corrected chi connectivity index (χ2v) is 3.79. The van der Waals surface area contributed by atoms with Crippen LogP contribution in [-0.2, 0) is 0 Å². The Morgan fingerprint density at radius 2 is 2.17 bits per heavy atom. The Hall–Kier alpha value is 0.0200. The molecular weight excluding hydrogens is 347 g/mol. The van der Waals surface area contributed by atoms with Gasteiger partial charge in [-0.05, 0) is 38.5 Å². The van der Waals surface area contributed by atoms with Crippen molar-refractivity contribution >= 4 is 38.5 Å². The number of nitrogens with zero attached hydrogens (tertiary/aromatic N) is 1. The fourth-order valence-electron chi connectivity index (χ4n) is 0.658. The average Bonchev–Trinajstić information content (AvgIpc) is 1.97. The number of alkyl halides is 2. The van der Waals surface area contributed by atoms with Gasteiger partial charge in [0.1, 0.15) is 10.4 Å². The highest BCUT2D eigenvalue weighted by atomic mass is 127. The molecular formula is C6H3BrF2INO. The number of pyridine rings is 1. The Labute approximate surface area is 89.3 Å². The highest BCUT2D eigenvalue weighted by molar-refractivity contribution is 14.1. The molecule has 1 N–H and O–H groups in total. The first-order valence-corrected chi connectivity index (χ1v) is 4.72. The molecule has 1 aromatic heterocycles. The van der Waals surface area contributed by atoms with Gasteiger partial charge in [-0.2, -0.15) is 0 Å². The van der Waals surface area contributed by atoms with Gasteiger partial charge in [-0.15, -0.1) is 0 Å². The van der Waals surface area contributed by atoms with E-state index in [0.29, 0.717) is 0 Å². The van der Waals surface area contributed by atoms with Crippen LogP contribution in [0.25, 0.3) is 0 Å². The largest absolute Gasteiger partial charge is 0.505 e. The van der Waals surface area contributed by atoms with Gasteiger partial charge >= 0.3 is 0 Å². The molecule has 0 saturated heterocycles. The van der Waals surface area contributed by atoms with Gasteiger partial charge < -0.3 is 5.11 Å². The van der Waals surface area contributed by atoms with E-state index in [1.165, 1.54) is 0 Å².